The number of aromatic nitrogens is 2. The van der Waals surface area contributed by atoms with E-state index in [0.717, 1.165) is 49.6 Å². The number of phenols is 1. The van der Waals surface area contributed by atoms with Gasteiger partial charge in [0, 0.05) is 54.1 Å². The van der Waals surface area contributed by atoms with Crippen molar-refractivity contribution in [3.8, 4) is 11.8 Å². The van der Waals surface area contributed by atoms with Crippen LogP contribution in [0.2, 0.25) is 0 Å². The molecule has 0 saturated carbocycles. The maximum atomic E-state index is 15.4. The van der Waals surface area contributed by atoms with Crippen LogP contribution in [0.3, 0.4) is 0 Å². The second kappa shape index (κ2) is 9.75. The highest BCUT2D eigenvalue weighted by Gasteiger charge is 2.36. The summed E-state index contributed by atoms with van der Waals surface area (Å²) >= 11 is 0. The average Bonchev–Trinajstić information content (AvgIpc) is 3.52. The van der Waals surface area contributed by atoms with Crippen LogP contribution in [0.5, 0.6) is 11.8 Å². The summed E-state index contributed by atoms with van der Waals surface area (Å²) in [7, 11) is 2.12. The zero-order chi connectivity index (χ0) is 26.7. The van der Waals surface area contributed by atoms with Crippen molar-refractivity contribution in [1.29, 1.82) is 0 Å². The van der Waals surface area contributed by atoms with Crippen molar-refractivity contribution < 1.29 is 18.6 Å². The van der Waals surface area contributed by atoms with Crippen LogP contribution in [0.1, 0.15) is 36.9 Å². The summed E-state index contributed by atoms with van der Waals surface area (Å²) in [5.74, 6) is -1.91. The Hall–Kier alpha value is -3.24. The van der Waals surface area contributed by atoms with E-state index in [1.165, 1.54) is 12.8 Å². The average molecular weight is 537 g/mol. The highest BCUT2D eigenvalue weighted by molar-refractivity contribution is 5.96. The number of ether oxygens (including phenoxy) is 1. The van der Waals surface area contributed by atoms with Gasteiger partial charge in [0.15, 0.2) is 17.4 Å². The fourth-order valence-electron chi connectivity index (χ4n) is 6.88. The van der Waals surface area contributed by atoms with Crippen LogP contribution in [-0.2, 0) is 13.0 Å². The van der Waals surface area contributed by atoms with Crippen molar-refractivity contribution in [3.63, 3.8) is 0 Å². The van der Waals surface area contributed by atoms with Gasteiger partial charge in [0.2, 0.25) is 0 Å². The molecule has 3 aromatic rings. The minimum Gasteiger partial charge on any atom is -0.503 e. The van der Waals surface area contributed by atoms with E-state index >= 15 is 4.39 Å². The first-order valence-electron chi connectivity index (χ1n) is 14.0. The standard InChI is InChI=1S/C29H34F2N6O2/c1-35-11-4-5-19(35)16-39-29-33-23-15-36(26-21-7-3-2-6-20(21)24(30)27(38)25(26)31)12-10-22(23)28(34-29)37-13-17-8-9-18(14-37)32-17/h2-3,6-7,17-19,32,38H,4-5,8-16H2,1H3/t17?,18?,19-/m0/s1. The summed E-state index contributed by atoms with van der Waals surface area (Å²) in [5, 5.41) is 14.6. The Kier molecular flexibility index (Phi) is 6.19. The molecule has 8 nitrogen and oxygen atoms in total. The number of benzene rings is 2. The molecule has 2 bridgehead atoms. The number of likely N-dealkylation sites (tertiary alicyclic amines) is 1. The van der Waals surface area contributed by atoms with Crippen molar-refractivity contribution in [2.24, 2.45) is 0 Å². The fraction of sp³-hybridized carbons (Fsp3) is 0.517. The molecule has 3 fully saturated rings. The summed E-state index contributed by atoms with van der Waals surface area (Å²) in [5.41, 5.74) is 2.05. The van der Waals surface area contributed by atoms with E-state index in [9.17, 15) is 9.50 Å². The van der Waals surface area contributed by atoms with Gasteiger partial charge in [-0.15, -0.1) is 0 Å². The van der Waals surface area contributed by atoms with E-state index in [0.29, 0.717) is 55.6 Å². The quantitative estimate of drug-likeness (QED) is 0.513. The number of piperazine rings is 1. The molecule has 0 amide bonds. The molecular formula is C29H34F2N6O2. The third-order valence-electron chi connectivity index (χ3n) is 8.97. The molecule has 0 spiro atoms. The molecule has 0 aliphatic carbocycles. The largest absolute Gasteiger partial charge is 0.503 e. The molecule has 7 rings (SSSR count). The number of hydrogen-bond donors (Lipinski definition) is 2. The molecule has 0 radical (unpaired) electrons. The number of anilines is 2. The third-order valence-corrected chi connectivity index (χ3v) is 8.97. The van der Waals surface area contributed by atoms with Gasteiger partial charge in [-0.05, 0) is 45.7 Å². The van der Waals surface area contributed by atoms with Gasteiger partial charge in [-0.2, -0.15) is 9.97 Å². The molecule has 2 aromatic carbocycles. The first kappa shape index (κ1) is 24.8. The van der Waals surface area contributed by atoms with Gasteiger partial charge in [-0.25, -0.2) is 8.78 Å². The van der Waals surface area contributed by atoms with E-state index in [-0.39, 0.29) is 11.1 Å². The first-order valence-corrected chi connectivity index (χ1v) is 14.0. The number of fused-ring (bicyclic) bond motifs is 4. The normalized spacial score (nSPS) is 24.9. The van der Waals surface area contributed by atoms with Crippen LogP contribution >= 0.6 is 0 Å². The molecular weight excluding hydrogens is 502 g/mol. The lowest BCUT2D eigenvalue weighted by Gasteiger charge is -2.37. The molecule has 1 aromatic heterocycles. The molecule has 4 aliphatic heterocycles. The van der Waals surface area contributed by atoms with Gasteiger partial charge in [-0.3, -0.25) is 0 Å². The number of phenolic OH excluding ortho intramolecular Hbond substituents is 1. The Balaban J connectivity index is 1.26. The minimum atomic E-state index is -0.945. The van der Waals surface area contributed by atoms with Crippen molar-refractivity contribution >= 4 is 22.3 Å². The van der Waals surface area contributed by atoms with Gasteiger partial charge < -0.3 is 29.9 Å². The van der Waals surface area contributed by atoms with E-state index in [1.54, 1.807) is 24.3 Å². The summed E-state index contributed by atoms with van der Waals surface area (Å²) in [6.45, 7) is 4.18. The van der Waals surface area contributed by atoms with Crippen molar-refractivity contribution in [3.05, 3.63) is 47.2 Å². The lowest BCUT2D eigenvalue weighted by molar-refractivity contribution is 0.187. The number of nitrogens with zero attached hydrogens (tertiary/aromatic N) is 5. The maximum Gasteiger partial charge on any atom is 0.318 e. The topological polar surface area (TPSA) is 77.0 Å². The molecule has 2 N–H and O–H groups in total. The number of halogens is 2. The molecule has 5 heterocycles. The lowest BCUT2D eigenvalue weighted by atomic mass is 10.0. The maximum absolute atomic E-state index is 15.4. The highest BCUT2D eigenvalue weighted by Crippen LogP contribution is 2.41. The van der Waals surface area contributed by atoms with E-state index < -0.39 is 17.4 Å². The SMILES string of the molecule is CN1CCC[C@H]1COc1nc2c(c(N3CC4CCC(C3)N4)n1)CCN(c1c(F)c(O)c(F)c3ccccc13)C2. The van der Waals surface area contributed by atoms with Gasteiger partial charge in [-0.1, -0.05) is 24.3 Å². The number of likely N-dealkylation sites (N-methyl/N-ethyl adjacent to an activating group) is 1. The Morgan fingerprint density at radius 2 is 1.77 bits per heavy atom. The number of rotatable bonds is 5. The predicted octanol–water partition coefficient (Wildman–Crippen LogP) is 3.59. The molecule has 10 heteroatoms. The monoisotopic (exact) mass is 536 g/mol. The van der Waals surface area contributed by atoms with Crippen LogP contribution in [-0.4, -0.2) is 77.9 Å². The Bertz CT molecular complexity index is 1410. The Labute approximate surface area is 226 Å². The molecule has 206 valence electrons. The van der Waals surface area contributed by atoms with Crippen LogP contribution in [0.15, 0.2) is 24.3 Å². The van der Waals surface area contributed by atoms with E-state index in [2.05, 4.69) is 22.2 Å². The minimum absolute atomic E-state index is 0.196. The van der Waals surface area contributed by atoms with E-state index in [4.69, 9.17) is 14.7 Å². The Morgan fingerprint density at radius 1 is 1.00 bits per heavy atom. The van der Waals surface area contributed by atoms with Crippen LogP contribution < -0.4 is 19.9 Å². The smallest absolute Gasteiger partial charge is 0.318 e. The van der Waals surface area contributed by atoms with Crippen LogP contribution in [0.4, 0.5) is 20.3 Å². The predicted molar refractivity (Wildman–Crippen MR) is 146 cm³/mol. The van der Waals surface area contributed by atoms with Gasteiger partial charge in [0.25, 0.3) is 0 Å². The second-order valence-electron chi connectivity index (χ2n) is 11.4. The third kappa shape index (κ3) is 4.34. The van der Waals surface area contributed by atoms with Crippen molar-refractivity contribution in [1.82, 2.24) is 20.2 Å². The van der Waals surface area contributed by atoms with Gasteiger partial charge >= 0.3 is 6.01 Å². The molecule has 2 unspecified atom stereocenters. The summed E-state index contributed by atoms with van der Waals surface area (Å²) in [4.78, 5) is 16.3. The lowest BCUT2D eigenvalue weighted by Crippen LogP contribution is -2.52. The van der Waals surface area contributed by atoms with Crippen LogP contribution in [0, 0.1) is 11.6 Å². The van der Waals surface area contributed by atoms with Crippen molar-refractivity contribution in [2.45, 2.75) is 56.8 Å². The zero-order valence-electron chi connectivity index (χ0n) is 22.2. The fourth-order valence-corrected chi connectivity index (χ4v) is 6.88. The number of nitrogens with one attached hydrogen (secondary N) is 1. The highest BCUT2D eigenvalue weighted by atomic mass is 19.1. The van der Waals surface area contributed by atoms with Gasteiger partial charge in [0.1, 0.15) is 12.4 Å². The molecule has 3 saturated heterocycles. The number of hydrogen-bond acceptors (Lipinski definition) is 8. The number of aromatic hydroxyl groups is 1. The summed E-state index contributed by atoms with van der Waals surface area (Å²) in [6.07, 6.45) is 5.19. The van der Waals surface area contributed by atoms with Crippen LogP contribution in [0.25, 0.3) is 10.8 Å². The van der Waals surface area contributed by atoms with Crippen molar-refractivity contribution in [2.75, 3.05) is 49.6 Å². The first-order chi connectivity index (χ1) is 19.0. The molecule has 4 aliphatic rings. The Morgan fingerprint density at radius 3 is 2.51 bits per heavy atom. The second-order valence-corrected chi connectivity index (χ2v) is 11.4. The van der Waals surface area contributed by atoms with Gasteiger partial charge in [0.05, 0.1) is 17.9 Å². The molecule has 3 atom stereocenters. The summed E-state index contributed by atoms with van der Waals surface area (Å²) < 4.78 is 36.3. The summed E-state index contributed by atoms with van der Waals surface area (Å²) in [6, 6.07) is 8.29. The zero-order valence-corrected chi connectivity index (χ0v) is 22.2. The van der Waals surface area contributed by atoms with E-state index in [1.807, 2.05) is 4.90 Å². The molecule has 39 heavy (non-hydrogen) atoms.